The van der Waals surface area contributed by atoms with E-state index in [1.165, 1.54) is 10.7 Å². The maximum absolute atomic E-state index is 12.1. The molecule has 2 N–H and O–H groups in total. The number of carbonyl (C=O) groups excluding carboxylic acids is 1. The fourth-order valence-corrected chi connectivity index (χ4v) is 1.90. The van der Waals surface area contributed by atoms with Crippen LogP contribution in [0.25, 0.3) is 5.82 Å². The number of nitrogens with one attached hydrogen (secondary N) is 1. The molecule has 0 saturated carbocycles. The van der Waals surface area contributed by atoms with Crippen molar-refractivity contribution >= 4 is 5.91 Å². The highest BCUT2D eigenvalue weighted by Crippen LogP contribution is 2.16. The van der Waals surface area contributed by atoms with Crippen LogP contribution in [0.5, 0.6) is 5.88 Å². The second-order valence-corrected chi connectivity index (χ2v) is 4.53. The number of aromatic nitrogens is 4. The van der Waals surface area contributed by atoms with Gasteiger partial charge in [0.25, 0.3) is 5.91 Å². The van der Waals surface area contributed by atoms with E-state index < -0.39 is 0 Å². The molecule has 0 spiro atoms. The first kappa shape index (κ1) is 13.7. The van der Waals surface area contributed by atoms with Gasteiger partial charge in [-0.15, -0.1) is 0 Å². The van der Waals surface area contributed by atoms with Gasteiger partial charge in [0.2, 0.25) is 5.88 Å². The lowest BCUT2D eigenvalue weighted by molar-refractivity contribution is 0.0945. The van der Waals surface area contributed by atoms with E-state index in [2.05, 4.69) is 20.4 Å². The first-order valence-corrected chi connectivity index (χ1v) is 6.61. The molecular weight excluding hydrogens is 282 g/mol. The fourth-order valence-electron chi connectivity index (χ4n) is 1.90. The summed E-state index contributed by atoms with van der Waals surface area (Å²) < 4.78 is 1.21. The monoisotopic (exact) mass is 295 g/mol. The lowest BCUT2D eigenvalue weighted by Crippen LogP contribution is -2.23. The number of amides is 1. The second kappa shape index (κ2) is 6.04. The Morgan fingerprint density at radius 2 is 2.00 bits per heavy atom. The third-order valence-corrected chi connectivity index (χ3v) is 2.99. The summed E-state index contributed by atoms with van der Waals surface area (Å²) in [5.74, 6) is -0.0808. The van der Waals surface area contributed by atoms with Crippen LogP contribution in [0.4, 0.5) is 0 Å². The van der Waals surface area contributed by atoms with Crippen LogP contribution < -0.4 is 5.32 Å². The van der Waals surface area contributed by atoms with Crippen molar-refractivity contribution in [2.75, 3.05) is 0 Å². The van der Waals surface area contributed by atoms with E-state index in [1.54, 1.807) is 36.8 Å². The van der Waals surface area contributed by atoms with E-state index in [0.29, 0.717) is 12.4 Å². The maximum atomic E-state index is 12.1. The van der Waals surface area contributed by atoms with Gasteiger partial charge >= 0.3 is 0 Å². The van der Waals surface area contributed by atoms with Crippen LogP contribution in [0.2, 0.25) is 0 Å². The molecule has 0 radical (unpaired) electrons. The largest absolute Gasteiger partial charge is 0.493 e. The molecule has 0 aliphatic rings. The molecule has 0 aliphatic carbocycles. The van der Waals surface area contributed by atoms with Crippen molar-refractivity contribution in [3.05, 3.63) is 66.2 Å². The minimum atomic E-state index is -0.373. The quantitative estimate of drug-likeness (QED) is 0.756. The van der Waals surface area contributed by atoms with Crippen molar-refractivity contribution in [1.82, 2.24) is 25.1 Å². The van der Waals surface area contributed by atoms with Crippen LogP contribution in [0.3, 0.4) is 0 Å². The lowest BCUT2D eigenvalue weighted by atomic mass is 10.2. The zero-order valence-electron chi connectivity index (χ0n) is 11.5. The highest BCUT2D eigenvalue weighted by Gasteiger charge is 2.15. The standard InChI is InChI=1S/C15H13N5O2/c21-14-9-12(19-20(14)13-3-1-2-6-17-13)15(22)18-10-11-4-7-16-8-5-11/h1-9,21H,10H2,(H,18,22). The van der Waals surface area contributed by atoms with Crippen LogP contribution in [-0.4, -0.2) is 30.8 Å². The number of nitrogens with zero attached hydrogens (tertiary/aromatic N) is 4. The molecule has 0 unspecified atom stereocenters. The van der Waals surface area contributed by atoms with E-state index in [9.17, 15) is 9.90 Å². The zero-order chi connectivity index (χ0) is 15.4. The molecule has 3 aromatic heterocycles. The van der Waals surface area contributed by atoms with Crippen molar-refractivity contribution in [2.45, 2.75) is 6.54 Å². The Labute approximate surface area is 126 Å². The summed E-state index contributed by atoms with van der Waals surface area (Å²) in [5.41, 5.74) is 1.05. The van der Waals surface area contributed by atoms with E-state index in [-0.39, 0.29) is 17.5 Å². The van der Waals surface area contributed by atoms with Crippen molar-refractivity contribution in [3.8, 4) is 11.7 Å². The number of rotatable bonds is 4. The highest BCUT2D eigenvalue weighted by molar-refractivity contribution is 5.92. The van der Waals surface area contributed by atoms with Gasteiger partial charge in [-0.1, -0.05) is 6.07 Å². The first-order valence-electron chi connectivity index (χ1n) is 6.61. The Morgan fingerprint density at radius 1 is 1.18 bits per heavy atom. The number of hydrogen-bond donors (Lipinski definition) is 2. The molecule has 3 rings (SSSR count). The summed E-state index contributed by atoms with van der Waals surface area (Å²) in [5, 5.41) is 16.7. The summed E-state index contributed by atoms with van der Waals surface area (Å²) in [6.07, 6.45) is 4.89. The number of carbonyl (C=O) groups is 1. The molecule has 0 saturated heterocycles. The van der Waals surface area contributed by atoms with E-state index >= 15 is 0 Å². The molecule has 0 atom stereocenters. The van der Waals surface area contributed by atoms with Crippen LogP contribution in [0.15, 0.2) is 55.0 Å². The Morgan fingerprint density at radius 3 is 2.73 bits per heavy atom. The molecule has 1 amide bonds. The highest BCUT2D eigenvalue weighted by atomic mass is 16.3. The average molecular weight is 295 g/mol. The third-order valence-electron chi connectivity index (χ3n) is 2.99. The molecule has 3 aromatic rings. The lowest BCUT2D eigenvalue weighted by Gasteiger charge is -2.03. The van der Waals surface area contributed by atoms with Gasteiger partial charge in [-0.2, -0.15) is 9.78 Å². The summed E-state index contributed by atoms with van der Waals surface area (Å²) in [6, 6.07) is 10.1. The Balaban J connectivity index is 1.74. The SMILES string of the molecule is O=C(NCc1ccncc1)c1cc(O)n(-c2ccccn2)n1. The molecule has 0 aromatic carbocycles. The van der Waals surface area contributed by atoms with Crippen molar-refractivity contribution in [1.29, 1.82) is 0 Å². The van der Waals surface area contributed by atoms with E-state index in [4.69, 9.17) is 0 Å². The smallest absolute Gasteiger partial charge is 0.272 e. The van der Waals surface area contributed by atoms with E-state index in [0.717, 1.165) is 5.56 Å². The molecular formula is C15H13N5O2. The maximum Gasteiger partial charge on any atom is 0.272 e. The van der Waals surface area contributed by atoms with Gasteiger partial charge in [-0.25, -0.2) is 4.98 Å². The molecule has 110 valence electrons. The molecule has 7 heteroatoms. The molecule has 0 bridgehead atoms. The Hall–Kier alpha value is -3.22. The van der Waals surface area contributed by atoms with Crippen LogP contribution in [-0.2, 0) is 6.54 Å². The Kier molecular flexibility index (Phi) is 3.78. The predicted molar refractivity (Wildman–Crippen MR) is 78.4 cm³/mol. The molecule has 0 aliphatic heterocycles. The topological polar surface area (TPSA) is 92.9 Å². The van der Waals surface area contributed by atoms with Gasteiger partial charge in [0, 0.05) is 31.2 Å². The summed E-state index contributed by atoms with van der Waals surface area (Å²) in [4.78, 5) is 20.1. The zero-order valence-corrected chi connectivity index (χ0v) is 11.5. The van der Waals surface area contributed by atoms with Crippen LogP contribution in [0, 0.1) is 0 Å². The minimum absolute atomic E-state index is 0.122. The third kappa shape index (κ3) is 2.93. The fraction of sp³-hybridized carbons (Fsp3) is 0.0667. The van der Waals surface area contributed by atoms with Gasteiger partial charge < -0.3 is 10.4 Å². The van der Waals surface area contributed by atoms with Gasteiger partial charge in [-0.05, 0) is 29.8 Å². The van der Waals surface area contributed by atoms with Gasteiger partial charge in [0.1, 0.15) is 0 Å². The van der Waals surface area contributed by atoms with E-state index in [1.807, 2.05) is 12.1 Å². The summed E-state index contributed by atoms with van der Waals surface area (Å²) in [7, 11) is 0. The number of aromatic hydroxyl groups is 1. The average Bonchev–Trinajstić information content (AvgIpc) is 2.96. The predicted octanol–water partition coefficient (Wildman–Crippen LogP) is 1.30. The summed E-state index contributed by atoms with van der Waals surface area (Å²) >= 11 is 0. The molecule has 7 nitrogen and oxygen atoms in total. The van der Waals surface area contributed by atoms with Gasteiger partial charge in [-0.3, -0.25) is 9.78 Å². The first-order chi connectivity index (χ1) is 10.7. The normalized spacial score (nSPS) is 10.4. The van der Waals surface area contributed by atoms with Crippen molar-refractivity contribution in [2.24, 2.45) is 0 Å². The van der Waals surface area contributed by atoms with Crippen molar-refractivity contribution < 1.29 is 9.90 Å². The molecule has 3 heterocycles. The Bertz CT molecular complexity index is 771. The van der Waals surface area contributed by atoms with Gasteiger partial charge in [0.15, 0.2) is 11.5 Å². The van der Waals surface area contributed by atoms with Crippen LogP contribution >= 0.6 is 0 Å². The summed E-state index contributed by atoms with van der Waals surface area (Å²) in [6.45, 7) is 0.360. The molecule has 22 heavy (non-hydrogen) atoms. The number of pyridine rings is 2. The van der Waals surface area contributed by atoms with Crippen molar-refractivity contribution in [3.63, 3.8) is 0 Å². The second-order valence-electron chi connectivity index (χ2n) is 4.53. The minimum Gasteiger partial charge on any atom is -0.493 e. The molecule has 0 fully saturated rings. The van der Waals surface area contributed by atoms with Gasteiger partial charge in [0.05, 0.1) is 0 Å². The van der Waals surface area contributed by atoms with Crippen LogP contribution in [0.1, 0.15) is 16.1 Å². The number of hydrogen-bond acceptors (Lipinski definition) is 5.